The van der Waals surface area contributed by atoms with Gasteiger partial charge in [0.25, 0.3) is 0 Å². The van der Waals surface area contributed by atoms with Gasteiger partial charge in [-0.25, -0.2) is 0 Å². The van der Waals surface area contributed by atoms with E-state index in [0.29, 0.717) is 0 Å². The van der Waals surface area contributed by atoms with Gasteiger partial charge in [0, 0.05) is 6.42 Å². The molecule has 0 spiro atoms. The molecule has 0 radical (unpaired) electrons. The molecule has 0 N–H and O–H groups in total. The van der Waals surface area contributed by atoms with Gasteiger partial charge in [-0.1, -0.05) is 0 Å². The normalized spacial score (nSPS) is 20.2. The Bertz CT molecular complexity index is 578. The molecule has 0 bridgehead atoms. The molecule has 0 aromatic heterocycles. The average molecular weight is 470 g/mol. The highest BCUT2D eigenvalue weighted by Gasteiger charge is 2.93. The minimum absolute atomic E-state index is 0.0688. The first-order valence-electron chi connectivity index (χ1n) is 7.11. The van der Waals surface area contributed by atoms with Crippen molar-refractivity contribution in [1.82, 2.24) is 0 Å². The lowest BCUT2D eigenvalue weighted by Crippen LogP contribution is -2.72. The van der Waals surface area contributed by atoms with Crippen molar-refractivity contribution in [2.45, 2.75) is 54.2 Å². The number of alkyl halides is 15. The molecule has 1 aliphatic heterocycles. The minimum atomic E-state index is -8.26. The molecule has 1 fully saturated rings. The summed E-state index contributed by atoms with van der Waals surface area (Å²) in [5.74, 6) is -46.2. The van der Waals surface area contributed by atoms with Gasteiger partial charge in [-0.05, 0) is 0 Å². The Kier molecular flexibility index (Phi) is 6.46. The maximum atomic E-state index is 13.4. The van der Waals surface area contributed by atoms with Crippen molar-refractivity contribution in [1.29, 1.82) is 0 Å². The van der Waals surface area contributed by atoms with Crippen molar-refractivity contribution >= 4 is 0 Å². The quantitative estimate of drug-likeness (QED) is 0.250. The van der Waals surface area contributed by atoms with Gasteiger partial charge < -0.3 is 9.47 Å². The van der Waals surface area contributed by atoms with E-state index < -0.39 is 67.5 Å². The lowest BCUT2D eigenvalue weighted by atomic mass is 9.90. The zero-order valence-electron chi connectivity index (χ0n) is 13.4. The monoisotopic (exact) mass is 470 g/mol. The van der Waals surface area contributed by atoms with E-state index in [0.717, 1.165) is 0 Å². The van der Waals surface area contributed by atoms with E-state index in [9.17, 15) is 65.9 Å². The number of rotatable bonds is 10. The summed E-state index contributed by atoms with van der Waals surface area (Å²) >= 11 is 0. The molecule has 0 saturated carbocycles. The first kappa shape index (κ1) is 25.9. The minimum Gasteiger partial charge on any atom is -0.378 e. The van der Waals surface area contributed by atoms with Gasteiger partial charge in [0.1, 0.15) is 6.10 Å². The summed E-state index contributed by atoms with van der Waals surface area (Å²) in [6.45, 7) is -1.96. The molecule has 2 nitrogen and oxygen atoms in total. The van der Waals surface area contributed by atoms with E-state index in [1.54, 1.807) is 0 Å². The Labute approximate surface area is 150 Å². The van der Waals surface area contributed by atoms with Crippen LogP contribution in [-0.2, 0) is 9.47 Å². The van der Waals surface area contributed by atoms with E-state index in [2.05, 4.69) is 9.47 Å². The zero-order chi connectivity index (χ0) is 23.3. The van der Waals surface area contributed by atoms with Gasteiger partial charge in [0.05, 0.1) is 19.8 Å². The summed E-state index contributed by atoms with van der Waals surface area (Å²) in [5, 5.41) is 0. The van der Waals surface area contributed by atoms with Gasteiger partial charge in [0.2, 0.25) is 0 Å². The molecule has 1 unspecified atom stereocenters. The molecule has 1 aliphatic rings. The molecule has 1 rings (SSSR count). The summed E-state index contributed by atoms with van der Waals surface area (Å²) in [7, 11) is 0. The fourth-order valence-corrected chi connectivity index (χ4v) is 1.74. The Morgan fingerprint density at radius 3 is 1.38 bits per heavy atom. The highest BCUT2D eigenvalue weighted by molar-refractivity contribution is 5.12. The van der Waals surface area contributed by atoms with Crippen molar-refractivity contribution in [3.8, 4) is 0 Å². The Morgan fingerprint density at radius 1 is 0.621 bits per heavy atom. The van der Waals surface area contributed by atoms with Crippen molar-refractivity contribution in [3.63, 3.8) is 0 Å². The van der Waals surface area contributed by atoms with E-state index in [-0.39, 0.29) is 6.61 Å². The van der Waals surface area contributed by atoms with Crippen molar-refractivity contribution in [3.05, 3.63) is 0 Å². The van der Waals surface area contributed by atoms with E-state index in [1.807, 2.05) is 0 Å². The molecule has 1 heterocycles. The fraction of sp³-hybridized carbons (Fsp3) is 1.00. The summed E-state index contributed by atoms with van der Waals surface area (Å²) in [4.78, 5) is 0. The molecular weight excluding hydrogens is 461 g/mol. The van der Waals surface area contributed by atoms with Crippen LogP contribution in [0.2, 0.25) is 0 Å². The fourth-order valence-electron chi connectivity index (χ4n) is 1.74. The second kappa shape index (κ2) is 7.23. The third kappa shape index (κ3) is 4.07. The Morgan fingerprint density at radius 2 is 1.00 bits per heavy atom. The lowest BCUT2D eigenvalue weighted by Gasteiger charge is -2.41. The summed E-state index contributed by atoms with van der Waals surface area (Å²) < 4.78 is 202. The number of hydrogen-bond acceptors (Lipinski definition) is 2. The van der Waals surface area contributed by atoms with Gasteiger partial charge >= 0.3 is 41.7 Å². The van der Waals surface area contributed by atoms with Crippen molar-refractivity contribution in [2.75, 3.05) is 19.8 Å². The first-order valence-corrected chi connectivity index (χ1v) is 7.11. The van der Waals surface area contributed by atoms with Gasteiger partial charge in [-0.3, -0.25) is 0 Å². The summed E-state index contributed by atoms with van der Waals surface area (Å²) in [6.07, 6.45) is -10.7. The smallest absolute Gasteiger partial charge is 0.378 e. The van der Waals surface area contributed by atoms with Crippen LogP contribution in [0.4, 0.5) is 65.9 Å². The number of ether oxygens (including phenoxy) is 2. The Balaban J connectivity index is 3.19. The van der Waals surface area contributed by atoms with Crippen LogP contribution in [0.15, 0.2) is 0 Å². The molecular formula is C12H9F15O2. The molecule has 174 valence electrons. The van der Waals surface area contributed by atoms with Crippen LogP contribution in [0, 0.1) is 0 Å². The third-order valence-corrected chi connectivity index (χ3v) is 3.66. The molecule has 0 aromatic rings. The van der Waals surface area contributed by atoms with E-state index in [4.69, 9.17) is 0 Å². The average Bonchev–Trinajstić information content (AvgIpc) is 3.33. The lowest BCUT2D eigenvalue weighted by molar-refractivity contribution is -0.452. The second-order valence-electron chi connectivity index (χ2n) is 5.85. The first-order chi connectivity index (χ1) is 12.6. The molecule has 0 aromatic carbocycles. The molecule has 1 atom stereocenters. The zero-order valence-corrected chi connectivity index (χ0v) is 13.4. The molecule has 0 aliphatic carbocycles. The molecule has 0 amide bonds. The molecule has 29 heavy (non-hydrogen) atoms. The predicted molar refractivity (Wildman–Crippen MR) is 60.9 cm³/mol. The highest BCUT2D eigenvalue weighted by Crippen LogP contribution is 2.62. The van der Waals surface area contributed by atoms with Crippen molar-refractivity contribution in [2.24, 2.45) is 0 Å². The Hall–Kier alpha value is -1.13. The maximum absolute atomic E-state index is 13.4. The highest BCUT2D eigenvalue weighted by atomic mass is 19.4. The molecule has 17 heteroatoms. The topological polar surface area (TPSA) is 21.8 Å². The van der Waals surface area contributed by atoms with Gasteiger partial charge in [-0.15, -0.1) is 0 Å². The van der Waals surface area contributed by atoms with Crippen LogP contribution in [0.3, 0.4) is 0 Å². The van der Waals surface area contributed by atoms with Crippen LogP contribution in [0.1, 0.15) is 6.42 Å². The standard InChI is InChI=1S/C12H9F15O2/c13-6(14,1-2-28-3-5-4-29-5)7(15,16)8(17,18)9(19,20)10(21,22)11(23,24)12(25,26)27/h5H,1-4H2. The van der Waals surface area contributed by atoms with Crippen LogP contribution < -0.4 is 0 Å². The summed E-state index contributed by atoms with van der Waals surface area (Å²) in [5.41, 5.74) is 0. The number of halogens is 15. The van der Waals surface area contributed by atoms with Crippen molar-refractivity contribution < 1.29 is 75.3 Å². The van der Waals surface area contributed by atoms with Crippen LogP contribution in [-0.4, -0.2) is 67.6 Å². The van der Waals surface area contributed by atoms with E-state index in [1.165, 1.54) is 0 Å². The molecule has 1 saturated heterocycles. The second-order valence-corrected chi connectivity index (χ2v) is 5.85. The maximum Gasteiger partial charge on any atom is 0.460 e. The SMILES string of the molecule is FC(F)(F)C(F)(F)C(F)(F)C(F)(F)C(F)(F)C(F)(F)C(F)(F)CCOCC1CO1. The van der Waals surface area contributed by atoms with Crippen LogP contribution in [0.5, 0.6) is 0 Å². The van der Waals surface area contributed by atoms with Gasteiger partial charge in [-0.2, -0.15) is 65.9 Å². The van der Waals surface area contributed by atoms with Crippen LogP contribution >= 0.6 is 0 Å². The largest absolute Gasteiger partial charge is 0.460 e. The predicted octanol–water partition coefficient (Wildman–Crippen LogP) is 5.17. The summed E-state index contributed by atoms with van der Waals surface area (Å²) in [6, 6.07) is 0. The number of epoxide rings is 1. The third-order valence-electron chi connectivity index (χ3n) is 3.66. The van der Waals surface area contributed by atoms with E-state index >= 15 is 0 Å². The number of hydrogen-bond donors (Lipinski definition) is 0. The van der Waals surface area contributed by atoms with Gasteiger partial charge in [0.15, 0.2) is 0 Å². The van der Waals surface area contributed by atoms with Crippen LogP contribution in [0.25, 0.3) is 0 Å².